The largest absolute Gasteiger partial charge is 0.480 e. The van der Waals surface area contributed by atoms with E-state index in [1.54, 1.807) is 0 Å². The number of alkyl halides is 3. The number of aliphatic carboxylic acids is 1. The normalized spacial score (nSPS) is 14.1. The molecule has 1 aromatic rings. The average molecular weight is 297 g/mol. The van der Waals surface area contributed by atoms with Gasteiger partial charge in [-0.2, -0.15) is 13.2 Å². The lowest BCUT2D eigenvalue weighted by Crippen LogP contribution is -2.37. The molecule has 0 spiro atoms. The first kappa shape index (κ1) is 15.4. The van der Waals surface area contributed by atoms with E-state index in [0.29, 0.717) is 24.3 Å². The van der Waals surface area contributed by atoms with Crippen molar-refractivity contribution < 1.29 is 31.5 Å². The summed E-state index contributed by atoms with van der Waals surface area (Å²) in [6.07, 6.45) is -4.59. The van der Waals surface area contributed by atoms with Crippen molar-refractivity contribution in [1.82, 2.24) is 0 Å². The molecule has 0 saturated carbocycles. The Hall–Kier alpha value is -1.61. The Labute approximate surface area is 106 Å². The average Bonchev–Trinajstić information content (AvgIpc) is 2.28. The fourth-order valence-electron chi connectivity index (χ4n) is 1.36. The summed E-state index contributed by atoms with van der Waals surface area (Å²) in [5.74, 6) is -1.65. The summed E-state index contributed by atoms with van der Waals surface area (Å²) in [6, 6.07) is 2.57. The van der Waals surface area contributed by atoms with Crippen LogP contribution in [0.4, 0.5) is 13.2 Å². The second-order valence-electron chi connectivity index (χ2n) is 3.63. The highest BCUT2D eigenvalue weighted by Gasteiger charge is 2.34. The quantitative estimate of drug-likeness (QED) is 0.860. The van der Waals surface area contributed by atoms with Crippen LogP contribution >= 0.6 is 0 Å². The third-order valence-electron chi connectivity index (χ3n) is 2.37. The maximum absolute atomic E-state index is 12.3. The van der Waals surface area contributed by atoms with Crippen molar-refractivity contribution in [3.8, 4) is 0 Å². The van der Waals surface area contributed by atoms with E-state index >= 15 is 0 Å². The molecule has 0 amide bonds. The van der Waals surface area contributed by atoms with Crippen molar-refractivity contribution in [3.63, 3.8) is 0 Å². The van der Waals surface area contributed by atoms with E-state index in [0.717, 1.165) is 0 Å². The summed E-state index contributed by atoms with van der Waals surface area (Å²) in [5, 5.41) is 6.83. The van der Waals surface area contributed by atoms with Gasteiger partial charge in [-0.15, -0.1) is 0 Å². The number of halogens is 3. The van der Waals surface area contributed by atoms with Crippen molar-refractivity contribution in [2.24, 2.45) is 5.73 Å². The topological polar surface area (TPSA) is 97.5 Å². The molecule has 3 N–H and O–H groups in total. The van der Waals surface area contributed by atoms with Gasteiger partial charge < -0.3 is 10.8 Å². The first-order valence-corrected chi connectivity index (χ1v) is 6.49. The van der Waals surface area contributed by atoms with Crippen molar-refractivity contribution in [3.05, 3.63) is 29.8 Å². The van der Waals surface area contributed by atoms with Gasteiger partial charge in [-0.1, -0.05) is 0 Å². The molecule has 0 heterocycles. The van der Waals surface area contributed by atoms with Gasteiger partial charge >= 0.3 is 12.1 Å². The number of carbonyl (C=O) groups is 1. The number of nitrogens with two attached hydrogens (primary N) is 1. The molecule has 5 nitrogen and oxygen atoms in total. The minimum absolute atomic E-state index is 0.515. The van der Waals surface area contributed by atoms with Crippen molar-refractivity contribution in [1.29, 1.82) is 0 Å². The summed E-state index contributed by atoms with van der Waals surface area (Å²) in [6.45, 7) is -0.668. The minimum atomic E-state index is -4.59. The van der Waals surface area contributed by atoms with Gasteiger partial charge in [0.25, 0.3) is 0 Å². The molecule has 0 aliphatic heterocycles. The summed E-state index contributed by atoms with van der Waals surface area (Å²) >= 11 is 0. The van der Waals surface area contributed by atoms with E-state index in [2.05, 4.69) is 0 Å². The summed E-state index contributed by atoms with van der Waals surface area (Å²) in [5.41, 5.74) is 4.03. The summed E-state index contributed by atoms with van der Waals surface area (Å²) in [4.78, 5) is 10.2. The fraction of sp³-hybridized carbons (Fsp3) is 0.300. The predicted octanol–water partition coefficient (Wildman–Crippen LogP) is 0.891. The van der Waals surface area contributed by atoms with Gasteiger partial charge in [0.15, 0.2) is 15.1 Å². The van der Waals surface area contributed by atoms with Gasteiger partial charge in [0.05, 0.1) is 10.5 Å². The Balaban J connectivity index is 3.20. The molecule has 0 aromatic heterocycles. The molecule has 1 aromatic carbocycles. The highest BCUT2D eigenvalue weighted by molar-refractivity contribution is 7.92. The van der Waals surface area contributed by atoms with Crippen LogP contribution in [0.2, 0.25) is 0 Å². The van der Waals surface area contributed by atoms with E-state index in [-0.39, 0.29) is 0 Å². The standard InChI is InChI=1S/C10H10F3NO4S/c11-10(12,13)6-1-3-7(4-2-6)19(17,18)8(5-14)9(15)16/h1-4,8H,5,14H2,(H,15,16). The lowest BCUT2D eigenvalue weighted by Gasteiger charge is -2.12. The van der Waals surface area contributed by atoms with Crippen LogP contribution in [0.5, 0.6) is 0 Å². The first-order chi connectivity index (χ1) is 8.60. The molecule has 9 heteroatoms. The lowest BCUT2D eigenvalue weighted by molar-refractivity contribution is -0.138. The van der Waals surface area contributed by atoms with Crippen LogP contribution in [0.3, 0.4) is 0 Å². The highest BCUT2D eigenvalue weighted by Crippen LogP contribution is 2.30. The molecule has 0 radical (unpaired) electrons. The number of benzene rings is 1. The second-order valence-corrected chi connectivity index (χ2v) is 5.76. The van der Waals surface area contributed by atoms with Gasteiger partial charge in [0.1, 0.15) is 0 Å². The van der Waals surface area contributed by atoms with Crippen LogP contribution in [0.1, 0.15) is 5.56 Å². The SMILES string of the molecule is NCC(C(=O)O)S(=O)(=O)c1ccc(C(F)(F)F)cc1. The van der Waals surface area contributed by atoms with Crippen molar-refractivity contribution in [2.75, 3.05) is 6.54 Å². The predicted molar refractivity (Wildman–Crippen MR) is 59.1 cm³/mol. The Kier molecular flexibility index (Phi) is 4.21. The number of carboxylic acid groups (broad SMARTS) is 1. The highest BCUT2D eigenvalue weighted by atomic mass is 32.2. The third kappa shape index (κ3) is 3.24. The third-order valence-corrected chi connectivity index (χ3v) is 4.45. The number of hydrogen-bond acceptors (Lipinski definition) is 4. The Morgan fingerprint density at radius 1 is 1.26 bits per heavy atom. The molecule has 0 fully saturated rings. The first-order valence-electron chi connectivity index (χ1n) is 4.94. The van der Waals surface area contributed by atoms with Crippen molar-refractivity contribution >= 4 is 15.8 Å². The van der Waals surface area contributed by atoms with E-state index < -0.39 is 44.2 Å². The van der Waals surface area contributed by atoms with Crippen LogP contribution in [0.25, 0.3) is 0 Å². The van der Waals surface area contributed by atoms with Gasteiger partial charge in [-0.05, 0) is 24.3 Å². The molecular weight excluding hydrogens is 287 g/mol. The molecule has 106 valence electrons. The van der Waals surface area contributed by atoms with Gasteiger partial charge in [0, 0.05) is 6.54 Å². The number of rotatable bonds is 4. The lowest BCUT2D eigenvalue weighted by atomic mass is 10.2. The summed E-state index contributed by atoms with van der Waals surface area (Å²) in [7, 11) is -4.30. The molecule has 1 unspecified atom stereocenters. The molecule has 1 atom stereocenters. The number of hydrogen-bond donors (Lipinski definition) is 2. The van der Waals surface area contributed by atoms with Crippen molar-refractivity contribution in [2.45, 2.75) is 16.3 Å². The Bertz CT molecular complexity index is 565. The van der Waals surface area contributed by atoms with E-state index in [1.165, 1.54) is 0 Å². The maximum Gasteiger partial charge on any atom is 0.416 e. The van der Waals surface area contributed by atoms with Crippen LogP contribution in [-0.2, 0) is 20.8 Å². The van der Waals surface area contributed by atoms with E-state index in [9.17, 15) is 26.4 Å². The zero-order chi connectivity index (χ0) is 14.8. The maximum atomic E-state index is 12.3. The fourth-order valence-corrected chi connectivity index (χ4v) is 2.72. The number of sulfone groups is 1. The zero-order valence-electron chi connectivity index (χ0n) is 9.39. The monoisotopic (exact) mass is 297 g/mol. The van der Waals surface area contributed by atoms with Gasteiger partial charge in [0.2, 0.25) is 0 Å². The minimum Gasteiger partial charge on any atom is -0.480 e. The van der Waals surface area contributed by atoms with Crippen LogP contribution in [0, 0.1) is 0 Å². The second kappa shape index (κ2) is 5.17. The van der Waals surface area contributed by atoms with E-state index in [1.807, 2.05) is 0 Å². The Morgan fingerprint density at radius 2 is 1.74 bits per heavy atom. The molecular formula is C10H10F3NO4S. The molecule has 19 heavy (non-hydrogen) atoms. The van der Waals surface area contributed by atoms with E-state index in [4.69, 9.17) is 10.8 Å². The van der Waals surface area contributed by atoms with Crippen LogP contribution < -0.4 is 5.73 Å². The molecule has 1 rings (SSSR count). The Morgan fingerprint density at radius 3 is 2.05 bits per heavy atom. The molecule has 0 aliphatic carbocycles. The van der Waals surface area contributed by atoms with Gasteiger partial charge in [-0.25, -0.2) is 8.42 Å². The van der Waals surface area contributed by atoms with Gasteiger partial charge in [-0.3, -0.25) is 4.79 Å². The summed E-state index contributed by atoms with van der Waals surface area (Å²) < 4.78 is 60.6. The molecule has 0 aliphatic rings. The van der Waals surface area contributed by atoms with Crippen LogP contribution in [0.15, 0.2) is 29.2 Å². The molecule has 0 bridgehead atoms. The zero-order valence-corrected chi connectivity index (χ0v) is 10.2. The molecule has 0 saturated heterocycles. The smallest absolute Gasteiger partial charge is 0.416 e. The van der Waals surface area contributed by atoms with Crippen LogP contribution in [-0.4, -0.2) is 31.3 Å². The number of carboxylic acids is 1.